The number of aliphatic hydroxyl groups is 2. The Balaban J connectivity index is 2.24. The summed E-state index contributed by atoms with van der Waals surface area (Å²) in [6, 6.07) is 12.6. The number of benzene rings is 2. The second-order valence-electron chi connectivity index (χ2n) is 6.77. The van der Waals surface area contributed by atoms with Crippen LogP contribution in [0.1, 0.15) is 24.1 Å². The highest BCUT2D eigenvalue weighted by Crippen LogP contribution is 2.43. The molecule has 2 atom stereocenters. The molecule has 2 N–H and O–H groups in total. The topological polar surface area (TPSA) is 96.3 Å². The van der Waals surface area contributed by atoms with Gasteiger partial charge in [0.1, 0.15) is 17.3 Å². The highest BCUT2D eigenvalue weighted by atomic mass is 16.5. The van der Waals surface area contributed by atoms with Crippen molar-refractivity contribution in [2.24, 2.45) is 0 Å². The highest BCUT2D eigenvalue weighted by molar-refractivity contribution is 6.46. The minimum absolute atomic E-state index is 0.0506. The zero-order valence-electron chi connectivity index (χ0n) is 16.5. The number of rotatable bonds is 6. The summed E-state index contributed by atoms with van der Waals surface area (Å²) in [5, 5.41) is 20.8. The summed E-state index contributed by atoms with van der Waals surface area (Å²) in [6.07, 6.45) is -0.864. The quantitative estimate of drug-likeness (QED) is 0.442. The molecule has 1 aliphatic rings. The van der Waals surface area contributed by atoms with Gasteiger partial charge in [-0.25, -0.2) is 0 Å². The maximum atomic E-state index is 12.9. The Morgan fingerprint density at radius 1 is 1.10 bits per heavy atom. The Morgan fingerprint density at radius 3 is 2.38 bits per heavy atom. The molecule has 2 aromatic carbocycles. The number of Topliss-reactive ketones (excluding diaryl/α,β-unsaturated/α-hetero) is 1. The largest absolute Gasteiger partial charge is 0.507 e. The van der Waals surface area contributed by atoms with Gasteiger partial charge in [0.05, 0.1) is 31.9 Å². The molecular weight excluding hydrogens is 374 g/mol. The monoisotopic (exact) mass is 397 g/mol. The van der Waals surface area contributed by atoms with E-state index in [1.807, 2.05) is 0 Å². The SMILES string of the molecule is COc1ccc(C2C(=C(O)c3ccccc3)C(=O)C(=O)N2CC(C)O)c(OC)c1. The Hall–Kier alpha value is -3.32. The van der Waals surface area contributed by atoms with E-state index in [9.17, 15) is 19.8 Å². The van der Waals surface area contributed by atoms with Crippen molar-refractivity contribution in [1.29, 1.82) is 0 Å². The second kappa shape index (κ2) is 8.36. The van der Waals surface area contributed by atoms with Gasteiger partial charge >= 0.3 is 0 Å². The van der Waals surface area contributed by atoms with Gasteiger partial charge < -0.3 is 24.6 Å². The molecule has 0 spiro atoms. The van der Waals surface area contributed by atoms with Crippen molar-refractivity contribution in [1.82, 2.24) is 4.90 Å². The van der Waals surface area contributed by atoms with E-state index in [1.54, 1.807) is 48.5 Å². The van der Waals surface area contributed by atoms with Gasteiger partial charge in [-0.05, 0) is 19.1 Å². The van der Waals surface area contributed by atoms with Crippen molar-refractivity contribution in [3.05, 3.63) is 65.2 Å². The molecule has 0 saturated carbocycles. The number of hydrogen-bond acceptors (Lipinski definition) is 6. The van der Waals surface area contributed by atoms with Crippen molar-refractivity contribution >= 4 is 17.4 Å². The zero-order chi connectivity index (χ0) is 21.1. The molecule has 7 nitrogen and oxygen atoms in total. The molecular formula is C22H23NO6. The van der Waals surface area contributed by atoms with Gasteiger partial charge in [0.15, 0.2) is 0 Å². The molecule has 152 valence electrons. The average molecular weight is 397 g/mol. The van der Waals surface area contributed by atoms with Gasteiger partial charge in [-0.15, -0.1) is 0 Å². The summed E-state index contributed by atoms with van der Waals surface area (Å²) >= 11 is 0. The molecule has 29 heavy (non-hydrogen) atoms. The van der Waals surface area contributed by atoms with E-state index >= 15 is 0 Å². The zero-order valence-corrected chi connectivity index (χ0v) is 16.5. The number of β-amino-alcohol motifs (C(OH)–C–C–N with tert-alkyl or cyclic N) is 1. The van der Waals surface area contributed by atoms with E-state index in [-0.39, 0.29) is 17.9 Å². The summed E-state index contributed by atoms with van der Waals surface area (Å²) in [5.41, 5.74) is 0.871. The summed E-state index contributed by atoms with van der Waals surface area (Å²) in [6.45, 7) is 1.45. The molecule has 1 fully saturated rings. The van der Waals surface area contributed by atoms with Crippen LogP contribution in [0.5, 0.6) is 11.5 Å². The number of hydrogen-bond donors (Lipinski definition) is 2. The molecule has 0 radical (unpaired) electrons. The third kappa shape index (κ3) is 3.82. The number of aliphatic hydroxyl groups excluding tert-OH is 2. The molecule has 3 rings (SSSR count). The summed E-state index contributed by atoms with van der Waals surface area (Å²) in [7, 11) is 2.99. The lowest BCUT2D eigenvalue weighted by atomic mass is 9.94. The number of ketones is 1. The molecule has 0 bridgehead atoms. The van der Waals surface area contributed by atoms with Crippen molar-refractivity contribution < 1.29 is 29.3 Å². The smallest absolute Gasteiger partial charge is 0.295 e. The molecule has 1 heterocycles. The number of nitrogens with zero attached hydrogens (tertiary/aromatic N) is 1. The van der Waals surface area contributed by atoms with E-state index in [0.29, 0.717) is 22.6 Å². The third-order valence-corrected chi connectivity index (χ3v) is 4.78. The minimum Gasteiger partial charge on any atom is -0.507 e. The molecule has 1 aliphatic heterocycles. The first kappa shape index (κ1) is 20.4. The maximum Gasteiger partial charge on any atom is 0.295 e. The standard InChI is InChI=1S/C22H23NO6/c1-13(24)12-23-19(16-10-9-15(28-2)11-17(16)29-3)18(21(26)22(23)27)20(25)14-7-5-4-6-8-14/h4-11,13,19,24-25H,12H2,1-3H3. The molecule has 0 aliphatic carbocycles. The van der Waals surface area contributed by atoms with E-state index in [4.69, 9.17) is 9.47 Å². The molecule has 2 aromatic rings. The number of likely N-dealkylation sites (tertiary alicyclic amines) is 1. The van der Waals surface area contributed by atoms with E-state index in [1.165, 1.54) is 26.0 Å². The molecule has 1 saturated heterocycles. The normalized spacial score (nSPS) is 19.3. The molecule has 1 amide bonds. The van der Waals surface area contributed by atoms with E-state index in [2.05, 4.69) is 0 Å². The number of ether oxygens (including phenoxy) is 2. The van der Waals surface area contributed by atoms with Crippen molar-refractivity contribution in [3.63, 3.8) is 0 Å². The number of carbonyl (C=O) groups excluding carboxylic acids is 2. The van der Waals surface area contributed by atoms with Crippen molar-refractivity contribution in [2.45, 2.75) is 19.1 Å². The molecule has 0 aromatic heterocycles. The highest BCUT2D eigenvalue weighted by Gasteiger charge is 2.47. The van der Waals surface area contributed by atoms with Crippen LogP contribution in [0.4, 0.5) is 0 Å². The van der Waals surface area contributed by atoms with Gasteiger partial charge in [0, 0.05) is 23.7 Å². The number of amides is 1. The predicted octanol–water partition coefficient (Wildman–Crippen LogP) is 2.51. The lowest BCUT2D eigenvalue weighted by Crippen LogP contribution is -2.35. The summed E-state index contributed by atoms with van der Waals surface area (Å²) < 4.78 is 10.7. The second-order valence-corrected chi connectivity index (χ2v) is 6.77. The first-order valence-electron chi connectivity index (χ1n) is 9.12. The van der Waals surface area contributed by atoms with Crippen LogP contribution in [-0.4, -0.2) is 53.7 Å². The van der Waals surface area contributed by atoms with Gasteiger partial charge in [-0.2, -0.15) is 0 Å². The fourth-order valence-electron chi connectivity index (χ4n) is 3.47. The van der Waals surface area contributed by atoms with Gasteiger partial charge in [0.2, 0.25) is 0 Å². The minimum atomic E-state index is -0.911. The average Bonchev–Trinajstić information content (AvgIpc) is 2.97. The van der Waals surface area contributed by atoms with Crippen LogP contribution in [0, 0.1) is 0 Å². The Morgan fingerprint density at radius 2 is 1.79 bits per heavy atom. The van der Waals surface area contributed by atoms with Crippen molar-refractivity contribution in [3.8, 4) is 11.5 Å². The maximum absolute atomic E-state index is 12.9. The van der Waals surface area contributed by atoms with Gasteiger partial charge in [0.25, 0.3) is 11.7 Å². The molecule has 7 heteroatoms. The fourth-order valence-corrected chi connectivity index (χ4v) is 3.47. The van der Waals surface area contributed by atoms with E-state index < -0.39 is 23.8 Å². The lowest BCUT2D eigenvalue weighted by molar-refractivity contribution is -0.140. The Labute approximate surface area is 168 Å². The molecule has 2 unspecified atom stereocenters. The Bertz CT molecular complexity index is 951. The summed E-state index contributed by atoms with van der Waals surface area (Å²) in [4.78, 5) is 26.9. The van der Waals surface area contributed by atoms with Crippen LogP contribution in [0.2, 0.25) is 0 Å². The number of methoxy groups -OCH3 is 2. The first-order chi connectivity index (χ1) is 13.9. The van der Waals surface area contributed by atoms with Crippen LogP contribution < -0.4 is 9.47 Å². The van der Waals surface area contributed by atoms with Crippen LogP contribution >= 0.6 is 0 Å². The van der Waals surface area contributed by atoms with Gasteiger partial charge in [-0.3, -0.25) is 9.59 Å². The van der Waals surface area contributed by atoms with Crippen LogP contribution in [-0.2, 0) is 9.59 Å². The Kier molecular flexibility index (Phi) is 5.89. The number of carbonyl (C=O) groups is 2. The van der Waals surface area contributed by atoms with Gasteiger partial charge in [-0.1, -0.05) is 30.3 Å². The predicted molar refractivity (Wildman–Crippen MR) is 107 cm³/mol. The summed E-state index contributed by atoms with van der Waals surface area (Å²) in [5.74, 6) is -0.937. The van der Waals surface area contributed by atoms with Crippen LogP contribution in [0.3, 0.4) is 0 Å². The van der Waals surface area contributed by atoms with Crippen molar-refractivity contribution in [2.75, 3.05) is 20.8 Å². The van der Waals surface area contributed by atoms with Crippen LogP contribution in [0.25, 0.3) is 5.76 Å². The first-order valence-corrected chi connectivity index (χ1v) is 9.12. The van der Waals surface area contributed by atoms with Crippen LogP contribution in [0.15, 0.2) is 54.1 Å². The lowest BCUT2D eigenvalue weighted by Gasteiger charge is -2.27. The van der Waals surface area contributed by atoms with E-state index in [0.717, 1.165) is 0 Å². The third-order valence-electron chi connectivity index (χ3n) is 4.78. The fraction of sp³-hybridized carbons (Fsp3) is 0.273.